The van der Waals surface area contributed by atoms with Crippen LogP contribution in [0.4, 0.5) is 5.69 Å². The van der Waals surface area contributed by atoms with E-state index in [1.165, 1.54) is 16.3 Å². The van der Waals surface area contributed by atoms with E-state index < -0.39 is 0 Å². The summed E-state index contributed by atoms with van der Waals surface area (Å²) < 4.78 is 5.81. The topological polar surface area (TPSA) is 21.3 Å². The number of ether oxygens (including phenoxy) is 1. The Morgan fingerprint density at radius 3 is 2.20 bits per heavy atom. The number of nitrogens with one attached hydrogen (secondary N) is 1. The molecule has 2 aromatic carbocycles. The van der Waals surface area contributed by atoms with E-state index in [4.69, 9.17) is 4.74 Å². The Balaban J connectivity index is 1.65. The van der Waals surface area contributed by atoms with Crippen molar-refractivity contribution >= 4 is 17.4 Å². The fraction of sp³-hybridized carbons (Fsp3) is 0.176. The smallest absolute Gasteiger partial charge is 0.127 e. The molecule has 0 bridgehead atoms. The van der Waals surface area contributed by atoms with E-state index in [-0.39, 0.29) is 0 Å². The van der Waals surface area contributed by atoms with Gasteiger partial charge in [0.15, 0.2) is 0 Å². The van der Waals surface area contributed by atoms with Crippen molar-refractivity contribution in [3.05, 3.63) is 65.2 Å². The molecule has 2 nitrogen and oxygen atoms in total. The first-order chi connectivity index (χ1) is 9.79. The number of benzene rings is 2. The van der Waals surface area contributed by atoms with Crippen molar-refractivity contribution in [2.75, 3.05) is 11.1 Å². The quantitative estimate of drug-likeness (QED) is 0.835. The van der Waals surface area contributed by atoms with Gasteiger partial charge in [-0.1, -0.05) is 23.8 Å². The monoisotopic (exact) mass is 283 g/mol. The SMILES string of the molecule is Cc1ccc(Oc2ccc(NC3=CCCS3)cc2)cc1. The first-order valence-electron chi connectivity index (χ1n) is 6.74. The molecule has 0 radical (unpaired) electrons. The minimum atomic E-state index is 0.854. The highest BCUT2D eigenvalue weighted by atomic mass is 32.2. The van der Waals surface area contributed by atoms with Crippen LogP contribution in [0.1, 0.15) is 12.0 Å². The molecule has 102 valence electrons. The van der Waals surface area contributed by atoms with E-state index in [1.54, 1.807) is 0 Å². The summed E-state index contributed by atoms with van der Waals surface area (Å²) in [6, 6.07) is 16.1. The number of allylic oxidation sites excluding steroid dienone is 1. The van der Waals surface area contributed by atoms with Gasteiger partial charge in [-0.3, -0.25) is 0 Å². The van der Waals surface area contributed by atoms with Gasteiger partial charge in [0, 0.05) is 11.4 Å². The maximum absolute atomic E-state index is 5.81. The zero-order chi connectivity index (χ0) is 13.8. The molecule has 1 heterocycles. The van der Waals surface area contributed by atoms with Gasteiger partial charge in [0.05, 0.1) is 5.03 Å². The minimum Gasteiger partial charge on any atom is -0.457 e. The second-order valence-corrected chi connectivity index (χ2v) is 5.91. The standard InChI is InChI=1S/C17H17NOS/c1-13-4-8-15(9-5-13)19-16-10-6-14(7-11-16)18-17-3-2-12-20-17/h3-11,18H,2,12H2,1H3. The van der Waals surface area contributed by atoms with Gasteiger partial charge < -0.3 is 10.1 Å². The van der Waals surface area contributed by atoms with Crippen LogP contribution in [0, 0.1) is 6.92 Å². The molecule has 20 heavy (non-hydrogen) atoms. The van der Waals surface area contributed by atoms with E-state index in [9.17, 15) is 0 Å². The fourth-order valence-electron chi connectivity index (χ4n) is 2.00. The maximum atomic E-state index is 5.81. The summed E-state index contributed by atoms with van der Waals surface area (Å²) in [5.74, 6) is 2.90. The summed E-state index contributed by atoms with van der Waals surface area (Å²) in [6.07, 6.45) is 3.39. The van der Waals surface area contributed by atoms with Crippen LogP contribution in [0.15, 0.2) is 59.6 Å². The lowest BCUT2D eigenvalue weighted by Crippen LogP contribution is -1.93. The second-order valence-electron chi connectivity index (χ2n) is 4.77. The lowest BCUT2D eigenvalue weighted by Gasteiger charge is -2.09. The highest BCUT2D eigenvalue weighted by molar-refractivity contribution is 8.03. The van der Waals surface area contributed by atoms with Crippen molar-refractivity contribution in [3.63, 3.8) is 0 Å². The molecule has 0 aromatic heterocycles. The van der Waals surface area contributed by atoms with Crippen LogP contribution in [0.25, 0.3) is 0 Å². The van der Waals surface area contributed by atoms with Gasteiger partial charge in [-0.15, -0.1) is 11.8 Å². The fourth-order valence-corrected chi connectivity index (χ4v) is 2.88. The van der Waals surface area contributed by atoms with Gasteiger partial charge in [0.25, 0.3) is 0 Å². The number of aryl methyl sites for hydroxylation is 1. The highest BCUT2D eigenvalue weighted by Gasteiger charge is 2.05. The van der Waals surface area contributed by atoms with Crippen LogP contribution in [0.5, 0.6) is 11.5 Å². The van der Waals surface area contributed by atoms with Crippen LogP contribution in [0.2, 0.25) is 0 Å². The molecule has 0 saturated heterocycles. The zero-order valence-electron chi connectivity index (χ0n) is 11.4. The molecule has 3 rings (SSSR count). The average molecular weight is 283 g/mol. The summed E-state index contributed by atoms with van der Waals surface area (Å²) in [7, 11) is 0. The van der Waals surface area contributed by atoms with E-state index in [0.29, 0.717) is 0 Å². The summed E-state index contributed by atoms with van der Waals surface area (Å²) >= 11 is 1.86. The van der Waals surface area contributed by atoms with Crippen molar-refractivity contribution in [3.8, 4) is 11.5 Å². The summed E-state index contributed by atoms with van der Waals surface area (Å²) in [5, 5.41) is 4.66. The summed E-state index contributed by atoms with van der Waals surface area (Å²) in [5.41, 5.74) is 2.33. The first-order valence-corrected chi connectivity index (χ1v) is 7.73. The second kappa shape index (κ2) is 6.06. The molecule has 1 aliphatic heterocycles. The van der Waals surface area contributed by atoms with Crippen LogP contribution < -0.4 is 10.1 Å². The lowest BCUT2D eigenvalue weighted by molar-refractivity contribution is 0.482. The van der Waals surface area contributed by atoms with E-state index >= 15 is 0 Å². The third kappa shape index (κ3) is 3.36. The Labute approximate surface area is 123 Å². The number of rotatable bonds is 4. The van der Waals surface area contributed by atoms with Crippen molar-refractivity contribution < 1.29 is 4.74 Å². The van der Waals surface area contributed by atoms with Gasteiger partial charge in [-0.2, -0.15) is 0 Å². The molecular formula is C17H17NOS. The summed E-state index contributed by atoms with van der Waals surface area (Å²) in [6.45, 7) is 2.07. The van der Waals surface area contributed by atoms with Gasteiger partial charge in [-0.05, 0) is 49.7 Å². The maximum Gasteiger partial charge on any atom is 0.127 e. The van der Waals surface area contributed by atoms with E-state index in [2.05, 4.69) is 30.4 Å². The molecule has 0 aliphatic carbocycles. The predicted octanol–water partition coefficient (Wildman–Crippen LogP) is 5.18. The number of hydrogen-bond donors (Lipinski definition) is 1. The van der Waals surface area contributed by atoms with E-state index in [0.717, 1.165) is 23.6 Å². The number of thioether (sulfide) groups is 1. The molecule has 0 fully saturated rings. The van der Waals surface area contributed by atoms with Gasteiger partial charge in [-0.25, -0.2) is 0 Å². The van der Waals surface area contributed by atoms with E-state index in [1.807, 2.05) is 48.2 Å². The Hall–Kier alpha value is -1.87. The molecule has 0 atom stereocenters. The van der Waals surface area contributed by atoms with Crippen LogP contribution in [-0.4, -0.2) is 5.75 Å². The largest absolute Gasteiger partial charge is 0.457 e. The van der Waals surface area contributed by atoms with Gasteiger partial charge >= 0.3 is 0 Å². The molecule has 1 aliphatic rings. The molecule has 3 heteroatoms. The number of hydrogen-bond acceptors (Lipinski definition) is 3. The van der Waals surface area contributed by atoms with Crippen molar-refractivity contribution in [1.29, 1.82) is 0 Å². The zero-order valence-corrected chi connectivity index (χ0v) is 12.2. The normalized spacial score (nSPS) is 13.9. The van der Waals surface area contributed by atoms with Crippen LogP contribution >= 0.6 is 11.8 Å². The third-order valence-corrected chi connectivity index (χ3v) is 4.10. The van der Waals surface area contributed by atoms with Crippen LogP contribution in [0.3, 0.4) is 0 Å². The lowest BCUT2D eigenvalue weighted by atomic mass is 10.2. The number of anilines is 1. The Morgan fingerprint density at radius 2 is 1.60 bits per heavy atom. The highest BCUT2D eigenvalue weighted by Crippen LogP contribution is 2.28. The Kier molecular flexibility index (Phi) is 3.97. The van der Waals surface area contributed by atoms with Crippen molar-refractivity contribution in [2.45, 2.75) is 13.3 Å². The Bertz CT molecular complexity index is 602. The molecule has 1 N–H and O–H groups in total. The third-order valence-electron chi connectivity index (χ3n) is 3.08. The van der Waals surface area contributed by atoms with Gasteiger partial charge in [0.1, 0.15) is 11.5 Å². The molecule has 0 saturated carbocycles. The Morgan fingerprint density at radius 1 is 0.950 bits per heavy atom. The molecule has 0 spiro atoms. The molecule has 2 aromatic rings. The minimum absolute atomic E-state index is 0.854. The molecular weight excluding hydrogens is 266 g/mol. The van der Waals surface area contributed by atoms with Crippen molar-refractivity contribution in [2.24, 2.45) is 0 Å². The summed E-state index contributed by atoms with van der Waals surface area (Å²) in [4.78, 5) is 0. The van der Waals surface area contributed by atoms with Crippen molar-refractivity contribution in [1.82, 2.24) is 0 Å². The van der Waals surface area contributed by atoms with Crippen LogP contribution in [-0.2, 0) is 0 Å². The average Bonchev–Trinajstić information content (AvgIpc) is 2.96. The molecule has 0 amide bonds. The predicted molar refractivity (Wildman–Crippen MR) is 86.5 cm³/mol. The van der Waals surface area contributed by atoms with Gasteiger partial charge in [0.2, 0.25) is 0 Å². The molecule has 0 unspecified atom stereocenters. The first kappa shape index (κ1) is 13.1.